The first kappa shape index (κ1) is 28.8. The largest absolute Gasteiger partial charge is 0.463 e. The van der Waals surface area contributed by atoms with Gasteiger partial charge >= 0.3 is 11.9 Å². The van der Waals surface area contributed by atoms with Gasteiger partial charge in [-0.15, -0.1) is 0 Å². The van der Waals surface area contributed by atoms with Gasteiger partial charge in [0.05, 0.1) is 13.2 Å². The summed E-state index contributed by atoms with van der Waals surface area (Å²) in [7, 11) is 0. The van der Waals surface area contributed by atoms with Crippen molar-refractivity contribution in [2.75, 3.05) is 6.61 Å². The second kappa shape index (κ2) is 14.3. The smallest absolute Gasteiger partial charge is 0.303 e. The van der Waals surface area contributed by atoms with Crippen LogP contribution in [0.3, 0.4) is 0 Å². The number of ether oxygens (including phenoxy) is 5. The maximum absolute atomic E-state index is 12.2. The lowest BCUT2D eigenvalue weighted by Gasteiger charge is -2.45. The molecular weight excluding hydrogens is 516 g/mol. The standard InChI is InChI=1S/C31H34O7S/c1-21-14-16-26(17-15-21)39-31-30(36-19-25-12-8-5-9-13-25)29(35-18-24-10-6-4-7-11-24)28(37-23(3)33)27(38-31)20-34-22(2)32/h4-17,27-31H,18-20H2,1-3H3/t27-,28-,29+,30+,31+/m1/s1. The summed E-state index contributed by atoms with van der Waals surface area (Å²) in [5.41, 5.74) is 2.56. The van der Waals surface area contributed by atoms with E-state index in [1.807, 2.05) is 91.9 Å². The van der Waals surface area contributed by atoms with Gasteiger partial charge in [0, 0.05) is 18.7 Å². The highest BCUT2D eigenvalue weighted by Crippen LogP contribution is 2.38. The summed E-state index contributed by atoms with van der Waals surface area (Å²) in [5.74, 6) is -0.941. The molecule has 1 aliphatic rings. The van der Waals surface area contributed by atoms with Gasteiger partial charge in [0.1, 0.15) is 30.4 Å². The summed E-state index contributed by atoms with van der Waals surface area (Å²) in [6, 6.07) is 27.7. The topological polar surface area (TPSA) is 80.3 Å². The Morgan fingerprint density at radius 2 is 1.31 bits per heavy atom. The molecule has 3 aromatic rings. The molecule has 1 aliphatic heterocycles. The molecule has 1 heterocycles. The first-order valence-corrected chi connectivity index (χ1v) is 13.8. The third kappa shape index (κ3) is 8.66. The second-order valence-electron chi connectivity index (χ2n) is 9.37. The van der Waals surface area contributed by atoms with Crippen LogP contribution in [-0.4, -0.2) is 48.4 Å². The molecule has 0 bridgehead atoms. The van der Waals surface area contributed by atoms with Gasteiger partial charge in [-0.2, -0.15) is 0 Å². The number of thioether (sulfide) groups is 1. The van der Waals surface area contributed by atoms with E-state index in [0.29, 0.717) is 6.61 Å². The van der Waals surface area contributed by atoms with Crippen molar-refractivity contribution in [2.45, 2.75) is 68.7 Å². The quantitative estimate of drug-likeness (QED) is 0.291. The number of hydrogen-bond donors (Lipinski definition) is 0. The highest BCUT2D eigenvalue weighted by atomic mass is 32.2. The average Bonchev–Trinajstić information content (AvgIpc) is 2.93. The van der Waals surface area contributed by atoms with Crippen molar-refractivity contribution >= 4 is 23.7 Å². The number of rotatable bonds is 11. The Bertz CT molecular complexity index is 1190. The van der Waals surface area contributed by atoms with Crippen LogP contribution in [0.25, 0.3) is 0 Å². The molecule has 7 nitrogen and oxygen atoms in total. The Kier molecular flexibility index (Phi) is 10.6. The van der Waals surface area contributed by atoms with E-state index < -0.39 is 41.8 Å². The summed E-state index contributed by atoms with van der Waals surface area (Å²) in [6.07, 6.45) is -2.92. The predicted molar refractivity (Wildman–Crippen MR) is 148 cm³/mol. The Labute approximate surface area is 233 Å². The molecule has 5 atom stereocenters. The van der Waals surface area contributed by atoms with E-state index in [0.717, 1.165) is 21.6 Å². The molecule has 8 heteroatoms. The van der Waals surface area contributed by atoms with E-state index in [9.17, 15) is 9.59 Å². The summed E-state index contributed by atoms with van der Waals surface area (Å²) in [5, 5.41) is 0. The molecule has 0 amide bonds. The zero-order valence-electron chi connectivity index (χ0n) is 22.4. The molecule has 206 valence electrons. The summed E-state index contributed by atoms with van der Waals surface area (Å²) < 4.78 is 30.5. The van der Waals surface area contributed by atoms with Crippen LogP contribution in [0.2, 0.25) is 0 Å². The lowest BCUT2D eigenvalue weighted by Crippen LogP contribution is -2.60. The van der Waals surface area contributed by atoms with Crippen molar-refractivity contribution in [3.8, 4) is 0 Å². The molecule has 0 spiro atoms. The minimum Gasteiger partial charge on any atom is -0.463 e. The SMILES string of the molecule is CC(=O)OC[C@H]1O[C@@H](Sc2ccc(C)cc2)[C@@H](OCc2ccccc2)[C@@H](OCc2ccccc2)[C@@H]1OC(C)=O. The first-order chi connectivity index (χ1) is 18.9. The van der Waals surface area contributed by atoms with Crippen LogP contribution in [0.5, 0.6) is 0 Å². The van der Waals surface area contributed by atoms with Crippen molar-refractivity contribution in [2.24, 2.45) is 0 Å². The fourth-order valence-electron chi connectivity index (χ4n) is 4.29. The van der Waals surface area contributed by atoms with Gasteiger partial charge in [0.15, 0.2) is 6.10 Å². The molecule has 1 fully saturated rings. The Hall–Kier alpha value is -3.17. The number of esters is 2. The Balaban J connectivity index is 1.67. The second-order valence-corrected chi connectivity index (χ2v) is 10.5. The van der Waals surface area contributed by atoms with Crippen molar-refractivity contribution < 1.29 is 33.3 Å². The Morgan fingerprint density at radius 3 is 1.85 bits per heavy atom. The van der Waals surface area contributed by atoms with Gasteiger partial charge in [0.25, 0.3) is 0 Å². The predicted octanol–water partition coefficient (Wildman–Crippen LogP) is 5.48. The fraction of sp³-hybridized carbons (Fsp3) is 0.355. The van der Waals surface area contributed by atoms with E-state index in [-0.39, 0.29) is 13.2 Å². The molecule has 0 aliphatic carbocycles. The highest BCUT2D eigenvalue weighted by molar-refractivity contribution is 7.99. The maximum Gasteiger partial charge on any atom is 0.303 e. The number of carbonyl (C=O) groups is 2. The molecule has 0 saturated carbocycles. The zero-order valence-corrected chi connectivity index (χ0v) is 23.2. The lowest BCUT2D eigenvalue weighted by atomic mass is 9.99. The van der Waals surface area contributed by atoms with E-state index in [2.05, 4.69) is 0 Å². The van der Waals surface area contributed by atoms with E-state index >= 15 is 0 Å². The fourth-order valence-corrected chi connectivity index (χ4v) is 5.42. The molecule has 1 saturated heterocycles. The third-order valence-corrected chi connectivity index (χ3v) is 7.34. The van der Waals surface area contributed by atoms with Gasteiger partial charge in [-0.25, -0.2) is 0 Å². The maximum atomic E-state index is 12.2. The van der Waals surface area contributed by atoms with Crippen LogP contribution < -0.4 is 0 Å². The third-order valence-electron chi connectivity index (χ3n) is 6.19. The molecule has 4 rings (SSSR count). The van der Waals surface area contributed by atoms with Crippen molar-refractivity contribution in [1.82, 2.24) is 0 Å². The van der Waals surface area contributed by atoms with Crippen LogP contribution in [0.4, 0.5) is 0 Å². The highest BCUT2D eigenvalue weighted by Gasteiger charge is 2.50. The van der Waals surface area contributed by atoms with Crippen LogP contribution in [0, 0.1) is 6.92 Å². The summed E-state index contributed by atoms with van der Waals surface area (Å²) >= 11 is 1.49. The van der Waals surface area contributed by atoms with Gasteiger partial charge in [-0.3, -0.25) is 9.59 Å². The van der Waals surface area contributed by atoms with E-state index in [1.165, 1.54) is 25.6 Å². The lowest BCUT2D eigenvalue weighted by molar-refractivity contribution is -0.246. The minimum atomic E-state index is -0.860. The average molecular weight is 551 g/mol. The summed E-state index contributed by atoms with van der Waals surface area (Å²) in [4.78, 5) is 24.9. The van der Waals surface area contributed by atoms with E-state index in [4.69, 9.17) is 23.7 Å². The molecule has 3 aromatic carbocycles. The summed E-state index contributed by atoms with van der Waals surface area (Å²) in [6.45, 7) is 5.20. The zero-order chi connectivity index (χ0) is 27.6. The molecule has 0 unspecified atom stereocenters. The first-order valence-electron chi connectivity index (χ1n) is 12.9. The van der Waals surface area contributed by atoms with Gasteiger partial charge in [0.2, 0.25) is 0 Å². The van der Waals surface area contributed by atoms with Crippen molar-refractivity contribution in [3.05, 3.63) is 102 Å². The minimum absolute atomic E-state index is 0.0885. The van der Waals surface area contributed by atoms with Crippen LogP contribution in [0.15, 0.2) is 89.8 Å². The normalized spacial score (nSPS) is 22.7. The van der Waals surface area contributed by atoms with Gasteiger partial charge < -0.3 is 23.7 Å². The van der Waals surface area contributed by atoms with Crippen LogP contribution in [-0.2, 0) is 46.5 Å². The van der Waals surface area contributed by atoms with Crippen molar-refractivity contribution in [1.29, 1.82) is 0 Å². The van der Waals surface area contributed by atoms with Gasteiger partial charge in [-0.1, -0.05) is 90.1 Å². The number of hydrogen-bond acceptors (Lipinski definition) is 8. The molecular formula is C31H34O7S. The monoisotopic (exact) mass is 550 g/mol. The molecule has 0 aromatic heterocycles. The Morgan fingerprint density at radius 1 is 0.744 bits per heavy atom. The number of benzene rings is 3. The molecule has 0 N–H and O–H groups in total. The van der Waals surface area contributed by atoms with Crippen LogP contribution in [0.1, 0.15) is 30.5 Å². The van der Waals surface area contributed by atoms with Crippen molar-refractivity contribution in [3.63, 3.8) is 0 Å². The number of aryl methyl sites for hydroxylation is 1. The number of carbonyl (C=O) groups excluding carboxylic acids is 2. The van der Waals surface area contributed by atoms with Gasteiger partial charge in [-0.05, 0) is 30.2 Å². The van der Waals surface area contributed by atoms with Crippen LogP contribution >= 0.6 is 11.8 Å². The molecule has 0 radical (unpaired) electrons. The van der Waals surface area contributed by atoms with E-state index in [1.54, 1.807) is 0 Å². The molecule has 39 heavy (non-hydrogen) atoms.